The first kappa shape index (κ1) is 13.5. The van der Waals surface area contributed by atoms with E-state index in [1.807, 2.05) is 11.0 Å². The molecule has 2 rings (SSSR count). The largest absolute Gasteiger partial charge is 0.335 e. The molecule has 0 spiro atoms. The third-order valence-electron chi connectivity index (χ3n) is 3.36. The molecule has 0 radical (unpaired) electrons. The average molecular weight is 262 g/mol. The van der Waals surface area contributed by atoms with Crippen molar-refractivity contribution in [1.82, 2.24) is 9.80 Å². The molecule has 0 aromatic heterocycles. The smallest absolute Gasteiger partial charge is 0.253 e. The molecule has 102 valence electrons. The van der Waals surface area contributed by atoms with Gasteiger partial charge in [-0.05, 0) is 12.8 Å². The molecule has 2 aliphatic rings. The van der Waals surface area contributed by atoms with Crippen LogP contribution in [0, 0.1) is 0 Å². The van der Waals surface area contributed by atoms with E-state index in [4.69, 9.17) is 0 Å². The lowest BCUT2D eigenvalue weighted by Crippen LogP contribution is -2.30. The number of imide groups is 1. The molecule has 19 heavy (non-hydrogen) atoms. The van der Waals surface area contributed by atoms with E-state index in [1.165, 1.54) is 17.1 Å². The molecule has 0 N–H and O–H groups in total. The van der Waals surface area contributed by atoms with Crippen LogP contribution in [-0.4, -0.2) is 47.2 Å². The van der Waals surface area contributed by atoms with E-state index < -0.39 is 0 Å². The van der Waals surface area contributed by atoms with Gasteiger partial charge in [0.05, 0.1) is 0 Å². The van der Waals surface area contributed by atoms with E-state index in [0.717, 1.165) is 38.8 Å². The lowest BCUT2D eigenvalue weighted by atomic mass is 10.2. The third-order valence-corrected chi connectivity index (χ3v) is 3.36. The first-order valence-corrected chi connectivity index (χ1v) is 6.67. The zero-order chi connectivity index (χ0) is 13.7. The fraction of sp³-hybridized carbons (Fsp3) is 0.500. The van der Waals surface area contributed by atoms with Crippen molar-refractivity contribution in [2.45, 2.75) is 25.7 Å². The minimum absolute atomic E-state index is 0.0966. The SMILES string of the molecule is O=C1C=CCN1CCCCCCN1C(=O)C=CC1=O. The predicted octanol–water partition coefficient (Wildman–Crippen LogP) is 0.870. The summed E-state index contributed by atoms with van der Waals surface area (Å²) in [6.07, 6.45) is 9.87. The Morgan fingerprint density at radius 1 is 0.789 bits per heavy atom. The summed E-state index contributed by atoms with van der Waals surface area (Å²) in [5.74, 6) is -0.322. The van der Waals surface area contributed by atoms with Crippen LogP contribution in [0.5, 0.6) is 0 Å². The zero-order valence-electron chi connectivity index (χ0n) is 10.9. The minimum Gasteiger partial charge on any atom is -0.335 e. The van der Waals surface area contributed by atoms with Gasteiger partial charge in [0.1, 0.15) is 0 Å². The van der Waals surface area contributed by atoms with Crippen molar-refractivity contribution in [1.29, 1.82) is 0 Å². The number of hydrogen-bond donors (Lipinski definition) is 0. The second kappa shape index (κ2) is 6.31. The van der Waals surface area contributed by atoms with Crippen LogP contribution in [-0.2, 0) is 14.4 Å². The van der Waals surface area contributed by atoms with Crippen LogP contribution in [0.2, 0.25) is 0 Å². The van der Waals surface area contributed by atoms with E-state index in [2.05, 4.69) is 0 Å². The summed E-state index contributed by atoms with van der Waals surface area (Å²) in [5, 5.41) is 0. The topological polar surface area (TPSA) is 57.7 Å². The number of amides is 3. The summed E-state index contributed by atoms with van der Waals surface area (Å²) in [6.45, 7) is 2.01. The van der Waals surface area contributed by atoms with Gasteiger partial charge in [-0.3, -0.25) is 19.3 Å². The molecule has 5 nitrogen and oxygen atoms in total. The number of hydrogen-bond acceptors (Lipinski definition) is 3. The Hall–Kier alpha value is -1.91. The highest BCUT2D eigenvalue weighted by Crippen LogP contribution is 2.09. The molecule has 0 aliphatic carbocycles. The minimum atomic E-state index is -0.210. The van der Waals surface area contributed by atoms with Crippen LogP contribution in [0.4, 0.5) is 0 Å². The number of carbonyl (C=O) groups excluding carboxylic acids is 3. The van der Waals surface area contributed by atoms with Gasteiger partial charge in [-0.2, -0.15) is 0 Å². The Morgan fingerprint density at radius 2 is 1.42 bits per heavy atom. The Labute approximate surface area is 112 Å². The van der Waals surface area contributed by atoms with Crippen LogP contribution >= 0.6 is 0 Å². The monoisotopic (exact) mass is 262 g/mol. The standard InChI is InChI=1S/C14H18N2O3/c17-12-6-5-10-15(12)9-3-1-2-4-11-16-13(18)7-8-14(16)19/h5-8H,1-4,9-11H2. The van der Waals surface area contributed by atoms with E-state index in [0.29, 0.717) is 6.54 Å². The maximum absolute atomic E-state index is 11.3. The number of unbranched alkanes of at least 4 members (excludes halogenated alkanes) is 3. The van der Waals surface area contributed by atoms with Crippen molar-refractivity contribution in [2.24, 2.45) is 0 Å². The molecule has 2 heterocycles. The molecule has 0 saturated carbocycles. The summed E-state index contributed by atoms with van der Waals surface area (Å²) >= 11 is 0. The van der Waals surface area contributed by atoms with Gasteiger partial charge >= 0.3 is 0 Å². The van der Waals surface area contributed by atoms with Crippen molar-refractivity contribution in [3.05, 3.63) is 24.3 Å². The summed E-state index contributed by atoms with van der Waals surface area (Å²) in [6, 6.07) is 0. The molecule has 0 fully saturated rings. The normalized spacial score (nSPS) is 18.2. The van der Waals surface area contributed by atoms with Crippen molar-refractivity contribution < 1.29 is 14.4 Å². The molecule has 5 heteroatoms. The molecule has 2 aliphatic heterocycles. The molecule has 0 aromatic rings. The molecule has 0 bridgehead atoms. The van der Waals surface area contributed by atoms with Gasteiger partial charge in [0.15, 0.2) is 0 Å². The van der Waals surface area contributed by atoms with E-state index >= 15 is 0 Å². The Kier molecular flexibility index (Phi) is 4.49. The first-order valence-electron chi connectivity index (χ1n) is 6.67. The maximum Gasteiger partial charge on any atom is 0.253 e. The van der Waals surface area contributed by atoms with Gasteiger partial charge in [-0.1, -0.05) is 18.9 Å². The first-order chi connectivity index (χ1) is 9.18. The summed E-state index contributed by atoms with van der Waals surface area (Å²) in [7, 11) is 0. The van der Waals surface area contributed by atoms with Gasteiger partial charge in [0.25, 0.3) is 11.8 Å². The zero-order valence-corrected chi connectivity index (χ0v) is 10.9. The molecule has 0 unspecified atom stereocenters. The number of nitrogens with zero attached hydrogens (tertiary/aromatic N) is 2. The Bertz CT molecular complexity index is 422. The predicted molar refractivity (Wildman–Crippen MR) is 70.0 cm³/mol. The van der Waals surface area contributed by atoms with Crippen LogP contribution < -0.4 is 0 Å². The summed E-state index contributed by atoms with van der Waals surface area (Å²) < 4.78 is 0. The van der Waals surface area contributed by atoms with Crippen molar-refractivity contribution in [3.63, 3.8) is 0 Å². The molecular formula is C14H18N2O3. The van der Waals surface area contributed by atoms with Crippen LogP contribution in [0.3, 0.4) is 0 Å². The van der Waals surface area contributed by atoms with Gasteiger partial charge in [-0.25, -0.2) is 0 Å². The summed E-state index contributed by atoms with van der Waals surface area (Å²) in [5.41, 5.74) is 0. The second-order valence-corrected chi connectivity index (χ2v) is 4.76. The lowest BCUT2D eigenvalue weighted by molar-refractivity contribution is -0.136. The third kappa shape index (κ3) is 3.53. The fourth-order valence-electron chi connectivity index (χ4n) is 2.26. The highest BCUT2D eigenvalue weighted by atomic mass is 16.2. The van der Waals surface area contributed by atoms with E-state index in [9.17, 15) is 14.4 Å². The van der Waals surface area contributed by atoms with Gasteiger partial charge in [-0.15, -0.1) is 0 Å². The Morgan fingerprint density at radius 3 is 2.00 bits per heavy atom. The number of carbonyl (C=O) groups is 3. The molecule has 0 saturated heterocycles. The second-order valence-electron chi connectivity index (χ2n) is 4.76. The molecule has 0 atom stereocenters. The quantitative estimate of drug-likeness (QED) is 0.505. The van der Waals surface area contributed by atoms with Crippen LogP contribution in [0.15, 0.2) is 24.3 Å². The summed E-state index contributed by atoms with van der Waals surface area (Å²) in [4.78, 5) is 36.9. The van der Waals surface area contributed by atoms with E-state index in [-0.39, 0.29) is 17.7 Å². The van der Waals surface area contributed by atoms with Crippen LogP contribution in [0.25, 0.3) is 0 Å². The van der Waals surface area contributed by atoms with Gasteiger partial charge in [0.2, 0.25) is 5.91 Å². The lowest BCUT2D eigenvalue weighted by Gasteiger charge is -2.15. The van der Waals surface area contributed by atoms with Crippen LogP contribution in [0.1, 0.15) is 25.7 Å². The molecule has 3 amide bonds. The average Bonchev–Trinajstić information content (AvgIpc) is 2.93. The van der Waals surface area contributed by atoms with Crippen molar-refractivity contribution in [2.75, 3.05) is 19.6 Å². The molecular weight excluding hydrogens is 244 g/mol. The fourth-order valence-corrected chi connectivity index (χ4v) is 2.26. The highest BCUT2D eigenvalue weighted by molar-refractivity contribution is 6.12. The van der Waals surface area contributed by atoms with Crippen molar-refractivity contribution in [3.8, 4) is 0 Å². The number of rotatable bonds is 7. The van der Waals surface area contributed by atoms with E-state index in [1.54, 1.807) is 6.08 Å². The molecule has 0 aromatic carbocycles. The van der Waals surface area contributed by atoms with Gasteiger partial charge in [0, 0.05) is 37.9 Å². The van der Waals surface area contributed by atoms with Crippen molar-refractivity contribution >= 4 is 17.7 Å². The van der Waals surface area contributed by atoms with Gasteiger partial charge < -0.3 is 4.90 Å². The Balaban J connectivity index is 1.52. The maximum atomic E-state index is 11.3. The highest BCUT2D eigenvalue weighted by Gasteiger charge is 2.22.